The highest BCUT2D eigenvalue weighted by Gasteiger charge is 2.20. The van der Waals surface area contributed by atoms with Crippen molar-refractivity contribution in [3.8, 4) is 0 Å². The van der Waals surface area contributed by atoms with Gasteiger partial charge in [0.15, 0.2) is 0 Å². The maximum atomic E-state index is 10.6. The molecule has 1 aromatic carbocycles. The van der Waals surface area contributed by atoms with E-state index < -0.39 is 0 Å². The third-order valence-corrected chi connectivity index (χ3v) is 3.95. The van der Waals surface area contributed by atoms with Crippen molar-refractivity contribution in [3.05, 3.63) is 39.9 Å². The number of nitro groups is 1. The molecule has 0 radical (unpaired) electrons. The summed E-state index contributed by atoms with van der Waals surface area (Å²) in [6.45, 7) is 0.902. The van der Waals surface area contributed by atoms with Gasteiger partial charge in [0.05, 0.1) is 11.0 Å². The van der Waals surface area contributed by atoms with E-state index in [1.54, 1.807) is 19.2 Å². The number of rotatable bonds is 6. The summed E-state index contributed by atoms with van der Waals surface area (Å²) in [5.41, 5.74) is 1.28. The van der Waals surface area contributed by atoms with E-state index in [1.807, 2.05) is 12.1 Å². The zero-order chi connectivity index (χ0) is 14.4. The van der Waals surface area contributed by atoms with Crippen LogP contribution < -0.4 is 5.32 Å². The van der Waals surface area contributed by atoms with E-state index in [0.29, 0.717) is 12.1 Å². The van der Waals surface area contributed by atoms with Crippen LogP contribution in [0.25, 0.3) is 0 Å². The minimum absolute atomic E-state index is 0.150. The fourth-order valence-corrected chi connectivity index (χ4v) is 2.75. The van der Waals surface area contributed by atoms with Crippen LogP contribution >= 0.6 is 0 Å². The average molecular weight is 278 g/mol. The molecule has 0 saturated heterocycles. The lowest BCUT2D eigenvalue weighted by Gasteiger charge is -2.29. The quantitative estimate of drug-likeness (QED) is 0.642. The van der Waals surface area contributed by atoms with E-state index in [2.05, 4.69) is 5.32 Å². The van der Waals surface area contributed by atoms with E-state index in [0.717, 1.165) is 31.4 Å². The molecule has 1 aromatic rings. The van der Waals surface area contributed by atoms with Crippen LogP contribution in [0, 0.1) is 10.1 Å². The van der Waals surface area contributed by atoms with Gasteiger partial charge >= 0.3 is 0 Å². The van der Waals surface area contributed by atoms with Crippen molar-refractivity contribution < 1.29 is 9.66 Å². The number of non-ortho nitro benzene ring substituents is 1. The molecule has 1 fully saturated rings. The van der Waals surface area contributed by atoms with E-state index in [4.69, 9.17) is 4.74 Å². The summed E-state index contributed by atoms with van der Waals surface area (Å²) in [6.07, 6.45) is 5.95. The molecule has 0 spiro atoms. The fourth-order valence-electron chi connectivity index (χ4n) is 2.75. The van der Waals surface area contributed by atoms with Crippen LogP contribution in [-0.4, -0.2) is 30.7 Å². The summed E-state index contributed by atoms with van der Waals surface area (Å²) in [5.74, 6) is 0. The molecule has 1 saturated carbocycles. The maximum Gasteiger partial charge on any atom is 0.269 e. The van der Waals surface area contributed by atoms with Crippen molar-refractivity contribution in [3.63, 3.8) is 0 Å². The Morgan fingerprint density at radius 1 is 1.35 bits per heavy atom. The van der Waals surface area contributed by atoms with Crippen LogP contribution in [0.3, 0.4) is 0 Å². The summed E-state index contributed by atoms with van der Waals surface area (Å²) in [5, 5.41) is 14.1. The van der Waals surface area contributed by atoms with Gasteiger partial charge in [-0.1, -0.05) is 12.1 Å². The number of hydrogen-bond acceptors (Lipinski definition) is 4. The molecule has 5 nitrogen and oxygen atoms in total. The van der Waals surface area contributed by atoms with Crippen molar-refractivity contribution in [1.29, 1.82) is 0 Å². The first-order valence-corrected chi connectivity index (χ1v) is 7.18. The number of nitro benzene ring substituents is 1. The van der Waals surface area contributed by atoms with Crippen LogP contribution in [0.2, 0.25) is 0 Å². The topological polar surface area (TPSA) is 64.4 Å². The SMILES string of the molecule is COC1CCCC(NCCc2ccc([N+](=O)[O-])cc2)C1. The van der Waals surface area contributed by atoms with Gasteiger partial charge in [0.25, 0.3) is 5.69 Å². The second kappa shape index (κ2) is 7.36. The predicted molar refractivity (Wildman–Crippen MR) is 77.9 cm³/mol. The summed E-state index contributed by atoms with van der Waals surface area (Å²) >= 11 is 0. The third kappa shape index (κ3) is 4.28. The van der Waals surface area contributed by atoms with Gasteiger partial charge in [-0.05, 0) is 44.2 Å². The molecule has 0 amide bonds. The lowest BCUT2D eigenvalue weighted by Crippen LogP contribution is -2.37. The number of benzene rings is 1. The Morgan fingerprint density at radius 2 is 2.10 bits per heavy atom. The highest BCUT2D eigenvalue weighted by molar-refractivity contribution is 5.32. The molecule has 0 aromatic heterocycles. The molecule has 1 aliphatic carbocycles. The molecule has 2 rings (SSSR count). The van der Waals surface area contributed by atoms with Crippen LogP contribution in [0.1, 0.15) is 31.2 Å². The first-order chi connectivity index (χ1) is 9.69. The minimum Gasteiger partial charge on any atom is -0.381 e. The van der Waals surface area contributed by atoms with Gasteiger partial charge in [-0.2, -0.15) is 0 Å². The normalized spacial score (nSPS) is 22.6. The summed E-state index contributed by atoms with van der Waals surface area (Å²) < 4.78 is 5.42. The van der Waals surface area contributed by atoms with E-state index in [-0.39, 0.29) is 10.6 Å². The highest BCUT2D eigenvalue weighted by Crippen LogP contribution is 2.20. The van der Waals surface area contributed by atoms with Crippen molar-refractivity contribution in [1.82, 2.24) is 5.32 Å². The number of methoxy groups -OCH3 is 1. The fraction of sp³-hybridized carbons (Fsp3) is 0.600. The van der Waals surface area contributed by atoms with Gasteiger partial charge in [0, 0.05) is 25.3 Å². The molecule has 0 aliphatic heterocycles. The maximum absolute atomic E-state index is 10.6. The van der Waals surface area contributed by atoms with Crippen molar-refractivity contribution >= 4 is 5.69 Å². The van der Waals surface area contributed by atoms with Crippen molar-refractivity contribution in [2.45, 2.75) is 44.2 Å². The Kier molecular flexibility index (Phi) is 5.49. The Balaban J connectivity index is 1.74. The first-order valence-electron chi connectivity index (χ1n) is 7.18. The molecule has 1 aliphatic rings. The summed E-state index contributed by atoms with van der Waals surface area (Å²) in [4.78, 5) is 10.2. The molecule has 110 valence electrons. The number of nitrogens with zero attached hydrogens (tertiary/aromatic N) is 1. The molecule has 2 unspecified atom stereocenters. The van der Waals surface area contributed by atoms with Crippen LogP contribution in [-0.2, 0) is 11.2 Å². The highest BCUT2D eigenvalue weighted by atomic mass is 16.6. The van der Waals surface area contributed by atoms with Crippen LogP contribution in [0.4, 0.5) is 5.69 Å². The zero-order valence-electron chi connectivity index (χ0n) is 11.9. The van der Waals surface area contributed by atoms with E-state index >= 15 is 0 Å². The zero-order valence-corrected chi connectivity index (χ0v) is 11.9. The minimum atomic E-state index is -0.366. The largest absolute Gasteiger partial charge is 0.381 e. The first kappa shape index (κ1) is 14.9. The van der Waals surface area contributed by atoms with E-state index in [9.17, 15) is 10.1 Å². The summed E-state index contributed by atoms with van der Waals surface area (Å²) in [6, 6.07) is 7.33. The number of nitrogens with one attached hydrogen (secondary N) is 1. The molecular formula is C15H22N2O3. The van der Waals surface area contributed by atoms with E-state index in [1.165, 1.54) is 12.8 Å². The van der Waals surface area contributed by atoms with Gasteiger partial charge in [-0.15, -0.1) is 0 Å². The molecule has 1 N–H and O–H groups in total. The Morgan fingerprint density at radius 3 is 2.75 bits per heavy atom. The summed E-state index contributed by atoms with van der Waals surface area (Å²) in [7, 11) is 1.78. The standard InChI is InChI=1S/C15H22N2O3/c1-20-15-4-2-3-13(11-15)16-10-9-12-5-7-14(8-6-12)17(18)19/h5-8,13,15-16H,2-4,9-11H2,1H3. The van der Waals surface area contributed by atoms with Crippen molar-refractivity contribution in [2.75, 3.05) is 13.7 Å². The molecule has 5 heteroatoms. The molecule has 0 heterocycles. The van der Waals surface area contributed by atoms with Gasteiger partial charge < -0.3 is 10.1 Å². The second-order valence-corrected chi connectivity index (χ2v) is 5.35. The third-order valence-electron chi connectivity index (χ3n) is 3.95. The lowest BCUT2D eigenvalue weighted by atomic mass is 9.93. The number of ether oxygens (including phenoxy) is 1. The lowest BCUT2D eigenvalue weighted by molar-refractivity contribution is -0.384. The van der Waals surface area contributed by atoms with Gasteiger partial charge in [0.1, 0.15) is 0 Å². The van der Waals surface area contributed by atoms with Crippen LogP contribution in [0.15, 0.2) is 24.3 Å². The van der Waals surface area contributed by atoms with Gasteiger partial charge in [0.2, 0.25) is 0 Å². The molecule has 0 bridgehead atoms. The van der Waals surface area contributed by atoms with Gasteiger partial charge in [-0.25, -0.2) is 0 Å². The second-order valence-electron chi connectivity index (χ2n) is 5.35. The number of hydrogen-bond donors (Lipinski definition) is 1. The Bertz CT molecular complexity index is 433. The average Bonchev–Trinajstić information content (AvgIpc) is 2.48. The smallest absolute Gasteiger partial charge is 0.269 e. The Hall–Kier alpha value is -1.46. The molecular weight excluding hydrogens is 256 g/mol. The predicted octanol–water partition coefficient (Wildman–Crippen LogP) is 2.68. The molecule has 2 atom stereocenters. The molecule has 20 heavy (non-hydrogen) atoms. The van der Waals surface area contributed by atoms with Crippen LogP contribution in [0.5, 0.6) is 0 Å². The Labute approximate surface area is 119 Å². The van der Waals surface area contributed by atoms with Crippen molar-refractivity contribution in [2.24, 2.45) is 0 Å². The van der Waals surface area contributed by atoms with Gasteiger partial charge in [-0.3, -0.25) is 10.1 Å². The monoisotopic (exact) mass is 278 g/mol.